The Labute approximate surface area is 292 Å². The van der Waals surface area contributed by atoms with Crippen LogP contribution in [-0.2, 0) is 16.9 Å². The molecule has 4 aromatic carbocycles. The molecule has 6 rings (SSSR count). The highest BCUT2D eigenvalue weighted by molar-refractivity contribution is 5.99. The molecule has 5 nitrogen and oxygen atoms in total. The Hall–Kier alpha value is -4.51. The van der Waals surface area contributed by atoms with E-state index in [-0.39, 0.29) is 12.0 Å². The minimum Gasteiger partial charge on any atom is -0.496 e. The summed E-state index contributed by atoms with van der Waals surface area (Å²) in [7, 11) is 1.73. The predicted molar refractivity (Wildman–Crippen MR) is 202 cm³/mol. The monoisotopic (exact) mass is 656 g/mol. The van der Waals surface area contributed by atoms with Crippen LogP contribution in [0, 0.1) is 12.8 Å². The van der Waals surface area contributed by atoms with Gasteiger partial charge >= 0.3 is 5.97 Å². The van der Waals surface area contributed by atoms with Gasteiger partial charge in [0.05, 0.1) is 18.7 Å². The van der Waals surface area contributed by atoms with Gasteiger partial charge in [-0.3, -0.25) is 0 Å². The molecule has 3 atom stereocenters. The lowest BCUT2D eigenvalue weighted by molar-refractivity contribution is 0.0247. The van der Waals surface area contributed by atoms with Crippen molar-refractivity contribution in [2.24, 2.45) is 5.92 Å². The molecular formula is C44H52N2O3. The normalized spacial score (nSPS) is 16.7. The third-order valence-electron chi connectivity index (χ3n) is 10.7. The molecule has 0 radical (unpaired) electrons. The molecule has 0 fully saturated rings. The number of carbonyl (C=O) groups excluding carboxylic acids is 1. The summed E-state index contributed by atoms with van der Waals surface area (Å²) in [5.41, 5.74) is 6.76. The van der Waals surface area contributed by atoms with Gasteiger partial charge < -0.3 is 18.9 Å². The number of esters is 1. The second-order valence-corrected chi connectivity index (χ2v) is 13.6. The molecular weight excluding hydrogens is 604 g/mol. The van der Waals surface area contributed by atoms with E-state index in [9.17, 15) is 4.79 Å². The van der Waals surface area contributed by atoms with Crippen LogP contribution in [0.25, 0.3) is 10.9 Å². The Kier molecular flexibility index (Phi) is 10.5. The number of hydrogen-bond donors (Lipinski definition) is 0. The van der Waals surface area contributed by atoms with Crippen molar-refractivity contribution in [3.05, 3.63) is 131 Å². The molecule has 1 aliphatic rings. The van der Waals surface area contributed by atoms with E-state index in [0.29, 0.717) is 17.2 Å². The minimum atomic E-state index is -1.18. The molecule has 0 bridgehead atoms. The van der Waals surface area contributed by atoms with Crippen LogP contribution in [0.4, 0.5) is 5.69 Å². The number of fused-ring (bicyclic) bond motifs is 2. The zero-order valence-corrected chi connectivity index (χ0v) is 30.2. The van der Waals surface area contributed by atoms with E-state index in [4.69, 9.17) is 9.47 Å². The van der Waals surface area contributed by atoms with Crippen molar-refractivity contribution in [3.63, 3.8) is 0 Å². The molecule has 1 aromatic heterocycles. The van der Waals surface area contributed by atoms with Crippen molar-refractivity contribution in [2.45, 2.75) is 91.3 Å². The first-order valence-electron chi connectivity index (χ1n) is 18.3. The zero-order chi connectivity index (χ0) is 34.5. The molecule has 0 saturated heterocycles. The van der Waals surface area contributed by atoms with E-state index in [0.717, 1.165) is 65.8 Å². The topological polar surface area (TPSA) is 43.7 Å². The van der Waals surface area contributed by atoms with Crippen molar-refractivity contribution in [2.75, 3.05) is 18.6 Å². The molecule has 0 aliphatic carbocycles. The summed E-state index contributed by atoms with van der Waals surface area (Å²) in [4.78, 5) is 16.3. The highest BCUT2D eigenvalue weighted by Crippen LogP contribution is 2.54. The average molecular weight is 657 g/mol. The summed E-state index contributed by atoms with van der Waals surface area (Å²) in [5, 5.41) is 1.10. The number of nitrogens with zero attached hydrogens (tertiary/aromatic N) is 2. The van der Waals surface area contributed by atoms with Gasteiger partial charge in [0.25, 0.3) is 0 Å². The van der Waals surface area contributed by atoms with E-state index in [1.54, 1.807) is 7.11 Å². The number of rotatable bonds is 15. The number of methoxy groups -OCH3 is 1. The van der Waals surface area contributed by atoms with Crippen LogP contribution in [0.15, 0.2) is 97.1 Å². The van der Waals surface area contributed by atoms with Gasteiger partial charge in [-0.15, -0.1) is 0 Å². The fourth-order valence-corrected chi connectivity index (χ4v) is 7.96. The molecule has 49 heavy (non-hydrogen) atoms. The van der Waals surface area contributed by atoms with Crippen LogP contribution >= 0.6 is 0 Å². The Morgan fingerprint density at radius 2 is 1.57 bits per heavy atom. The molecule has 256 valence electrons. The van der Waals surface area contributed by atoms with Gasteiger partial charge in [-0.1, -0.05) is 113 Å². The number of ether oxygens (including phenoxy) is 2. The first kappa shape index (κ1) is 34.4. The summed E-state index contributed by atoms with van der Waals surface area (Å²) in [6, 6.07) is 33.8. The number of carbonyl (C=O) groups is 1. The molecule has 5 aromatic rings. The van der Waals surface area contributed by atoms with Crippen LogP contribution in [-0.4, -0.2) is 24.2 Å². The van der Waals surface area contributed by atoms with Crippen LogP contribution in [0.3, 0.4) is 0 Å². The number of anilines is 1. The number of cyclic esters (lactones) is 1. The lowest BCUT2D eigenvalue weighted by Crippen LogP contribution is -2.32. The Morgan fingerprint density at radius 3 is 2.31 bits per heavy atom. The molecule has 3 unspecified atom stereocenters. The third kappa shape index (κ3) is 6.24. The maximum absolute atomic E-state index is 13.9. The fourth-order valence-electron chi connectivity index (χ4n) is 7.96. The van der Waals surface area contributed by atoms with Crippen LogP contribution in [0.2, 0.25) is 0 Å². The summed E-state index contributed by atoms with van der Waals surface area (Å²) in [5.74, 6) is 0.954. The van der Waals surface area contributed by atoms with E-state index in [1.807, 2.05) is 18.2 Å². The SMILES string of the molecule is CCCCC(CC)Cn1c(C)c(C2(c3ccc(N(CCCC)C(C)c4ccccc4)cc3OC)OC(=O)c3ccccc32)c2ccccc21. The highest BCUT2D eigenvalue weighted by Gasteiger charge is 2.52. The van der Waals surface area contributed by atoms with E-state index < -0.39 is 5.60 Å². The van der Waals surface area contributed by atoms with E-state index in [2.05, 4.69) is 123 Å². The second-order valence-electron chi connectivity index (χ2n) is 13.6. The van der Waals surface area contributed by atoms with Gasteiger partial charge in [0.15, 0.2) is 5.60 Å². The summed E-state index contributed by atoms with van der Waals surface area (Å²) in [6.45, 7) is 13.1. The van der Waals surface area contributed by atoms with Crippen molar-refractivity contribution in [3.8, 4) is 5.75 Å². The van der Waals surface area contributed by atoms with Gasteiger partial charge in [-0.25, -0.2) is 4.79 Å². The van der Waals surface area contributed by atoms with Gasteiger partial charge in [-0.05, 0) is 62.4 Å². The molecule has 1 aliphatic heterocycles. The van der Waals surface area contributed by atoms with Crippen LogP contribution < -0.4 is 9.64 Å². The lowest BCUT2D eigenvalue weighted by Gasteiger charge is -2.35. The summed E-state index contributed by atoms with van der Waals surface area (Å²) >= 11 is 0. The van der Waals surface area contributed by atoms with Crippen molar-refractivity contribution in [1.82, 2.24) is 4.57 Å². The zero-order valence-electron chi connectivity index (χ0n) is 30.2. The second kappa shape index (κ2) is 14.9. The first-order valence-corrected chi connectivity index (χ1v) is 18.3. The smallest absolute Gasteiger partial charge is 0.340 e. The van der Waals surface area contributed by atoms with E-state index in [1.165, 1.54) is 30.3 Å². The van der Waals surface area contributed by atoms with Gasteiger partial charge in [0, 0.05) is 58.1 Å². The van der Waals surface area contributed by atoms with Crippen molar-refractivity contribution < 1.29 is 14.3 Å². The Balaban J connectivity index is 1.57. The molecule has 0 amide bonds. The third-order valence-corrected chi connectivity index (χ3v) is 10.7. The standard InChI is InChI=1S/C44H52N2O3/c1-7-10-19-33(9-3)30-46-32(5)42(37-23-16-18-25-40(37)46)44(38-24-17-15-22-36(38)43(47)49-44)39-27-26-35(29-41(39)48-6)45(28-11-8-2)31(4)34-20-13-12-14-21-34/h12-18,20-27,29,31,33H,7-11,19,28,30H2,1-6H3. The summed E-state index contributed by atoms with van der Waals surface area (Å²) in [6.07, 6.45) is 6.91. The van der Waals surface area contributed by atoms with Crippen molar-refractivity contribution >= 4 is 22.6 Å². The quantitative estimate of drug-likeness (QED) is 0.105. The number of para-hydroxylation sites is 1. The maximum atomic E-state index is 13.9. The highest BCUT2D eigenvalue weighted by atomic mass is 16.6. The molecule has 0 spiro atoms. The molecule has 5 heteroatoms. The van der Waals surface area contributed by atoms with Crippen molar-refractivity contribution in [1.29, 1.82) is 0 Å². The molecule has 0 saturated carbocycles. The number of hydrogen-bond acceptors (Lipinski definition) is 4. The lowest BCUT2D eigenvalue weighted by atomic mass is 9.78. The average Bonchev–Trinajstić information content (AvgIpc) is 3.60. The maximum Gasteiger partial charge on any atom is 0.340 e. The van der Waals surface area contributed by atoms with Crippen LogP contribution in [0.5, 0.6) is 5.75 Å². The first-order chi connectivity index (χ1) is 23.9. The Morgan fingerprint density at radius 1 is 0.857 bits per heavy atom. The van der Waals surface area contributed by atoms with E-state index >= 15 is 0 Å². The number of benzene rings is 4. The summed E-state index contributed by atoms with van der Waals surface area (Å²) < 4.78 is 15.5. The predicted octanol–water partition coefficient (Wildman–Crippen LogP) is 11.0. The minimum absolute atomic E-state index is 0.168. The van der Waals surface area contributed by atoms with Gasteiger partial charge in [0.1, 0.15) is 5.75 Å². The molecule has 0 N–H and O–H groups in total. The van der Waals surface area contributed by atoms with Gasteiger partial charge in [-0.2, -0.15) is 0 Å². The molecule has 2 heterocycles. The number of aromatic nitrogens is 1. The fraction of sp³-hybridized carbons (Fsp3) is 0.386. The Bertz CT molecular complexity index is 1890. The van der Waals surface area contributed by atoms with Gasteiger partial charge in [0.2, 0.25) is 0 Å². The largest absolute Gasteiger partial charge is 0.496 e. The van der Waals surface area contributed by atoms with Crippen LogP contribution in [0.1, 0.15) is 111 Å². The number of unbranched alkanes of at least 4 members (excludes halogenated alkanes) is 2.